The molecule has 0 bridgehead atoms. The predicted octanol–water partition coefficient (Wildman–Crippen LogP) is 2.91. The monoisotopic (exact) mass is 250 g/mol. The Hall–Kier alpha value is -0.930. The second-order valence-electron chi connectivity index (χ2n) is 5.46. The number of benzene rings is 1. The van der Waals surface area contributed by atoms with Crippen LogP contribution in [0, 0.1) is 11.7 Å². The van der Waals surface area contributed by atoms with Crippen LogP contribution in [-0.2, 0) is 13.1 Å². The van der Waals surface area contributed by atoms with E-state index in [0.29, 0.717) is 6.54 Å². The third kappa shape index (κ3) is 3.53. The fourth-order valence-electron chi connectivity index (χ4n) is 2.93. The van der Waals surface area contributed by atoms with Gasteiger partial charge in [0.15, 0.2) is 0 Å². The molecule has 0 unspecified atom stereocenters. The summed E-state index contributed by atoms with van der Waals surface area (Å²) in [7, 11) is 2.11. The summed E-state index contributed by atoms with van der Waals surface area (Å²) in [6.45, 7) is 2.38. The molecule has 2 rings (SSSR count). The smallest absolute Gasteiger partial charge is 0.123 e. The molecule has 18 heavy (non-hydrogen) atoms. The van der Waals surface area contributed by atoms with Crippen molar-refractivity contribution in [3.63, 3.8) is 0 Å². The fraction of sp³-hybridized carbons (Fsp3) is 0.600. The Kier molecular flexibility index (Phi) is 4.72. The van der Waals surface area contributed by atoms with Crippen LogP contribution in [0.25, 0.3) is 0 Å². The average molecular weight is 250 g/mol. The minimum Gasteiger partial charge on any atom is -0.326 e. The number of nitrogens with zero attached hydrogens (tertiary/aromatic N) is 1. The first-order chi connectivity index (χ1) is 8.69. The molecular formula is C15H23FN2. The van der Waals surface area contributed by atoms with Gasteiger partial charge in [0.25, 0.3) is 0 Å². The molecule has 0 radical (unpaired) electrons. The number of rotatable bonds is 5. The zero-order valence-corrected chi connectivity index (χ0v) is 11.2. The summed E-state index contributed by atoms with van der Waals surface area (Å²) in [5.41, 5.74) is 7.78. The molecule has 0 spiro atoms. The maximum atomic E-state index is 13.3. The van der Waals surface area contributed by atoms with Crippen LogP contribution < -0.4 is 5.73 Å². The molecule has 0 amide bonds. The molecular weight excluding hydrogens is 227 g/mol. The third-order valence-corrected chi connectivity index (χ3v) is 3.87. The van der Waals surface area contributed by atoms with Gasteiger partial charge in [-0.2, -0.15) is 0 Å². The van der Waals surface area contributed by atoms with Crippen LogP contribution in [0.2, 0.25) is 0 Å². The van der Waals surface area contributed by atoms with E-state index in [-0.39, 0.29) is 5.82 Å². The molecule has 100 valence electrons. The lowest BCUT2D eigenvalue weighted by molar-refractivity contribution is 0.270. The van der Waals surface area contributed by atoms with Crippen molar-refractivity contribution in [3.8, 4) is 0 Å². The maximum Gasteiger partial charge on any atom is 0.123 e. The Bertz CT molecular complexity index is 386. The lowest BCUT2D eigenvalue weighted by Crippen LogP contribution is -2.25. The van der Waals surface area contributed by atoms with Crippen LogP contribution >= 0.6 is 0 Å². The quantitative estimate of drug-likeness (QED) is 0.870. The lowest BCUT2D eigenvalue weighted by Gasteiger charge is -2.22. The van der Waals surface area contributed by atoms with Crippen molar-refractivity contribution in [2.24, 2.45) is 11.7 Å². The molecule has 0 atom stereocenters. The Balaban J connectivity index is 1.96. The summed E-state index contributed by atoms with van der Waals surface area (Å²) >= 11 is 0. The SMILES string of the molecule is CN(Cc1cc(F)ccc1CN)CC1CCCC1. The molecule has 1 aliphatic carbocycles. The number of halogens is 1. The Morgan fingerprint density at radius 2 is 2.00 bits per heavy atom. The fourth-order valence-corrected chi connectivity index (χ4v) is 2.93. The highest BCUT2D eigenvalue weighted by Crippen LogP contribution is 2.25. The van der Waals surface area contributed by atoms with E-state index < -0.39 is 0 Å². The minimum atomic E-state index is -0.170. The maximum absolute atomic E-state index is 13.3. The normalized spacial score (nSPS) is 16.7. The molecule has 3 heteroatoms. The van der Waals surface area contributed by atoms with Crippen molar-refractivity contribution < 1.29 is 4.39 Å². The molecule has 0 aromatic heterocycles. The summed E-state index contributed by atoms with van der Waals surface area (Å²) in [6, 6.07) is 4.91. The predicted molar refractivity (Wildman–Crippen MR) is 72.6 cm³/mol. The van der Waals surface area contributed by atoms with Crippen LogP contribution in [0.1, 0.15) is 36.8 Å². The van der Waals surface area contributed by atoms with Crippen molar-refractivity contribution in [2.45, 2.75) is 38.8 Å². The summed E-state index contributed by atoms with van der Waals surface area (Å²) in [4.78, 5) is 2.30. The van der Waals surface area contributed by atoms with Crippen molar-refractivity contribution in [1.29, 1.82) is 0 Å². The average Bonchev–Trinajstić information content (AvgIpc) is 2.82. The van der Waals surface area contributed by atoms with Crippen molar-refractivity contribution in [1.82, 2.24) is 4.90 Å². The zero-order valence-electron chi connectivity index (χ0n) is 11.2. The number of hydrogen-bond donors (Lipinski definition) is 1. The molecule has 1 fully saturated rings. The highest BCUT2D eigenvalue weighted by Gasteiger charge is 2.17. The topological polar surface area (TPSA) is 29.3 Å². The molecule has 1 aromatic rings. The zero-order chi connectivity index (χ0) is 13.0. The first-order valence-corrected chi connectivity index (χ1v) is 6.85. The molecule has 0 heterocycles. The Labute approximate surface area is 109 Å². The van der Waals surface area contributed by atoms with Gasteiger partial charge in [-0.05, 0) is 49.1 Å². The van der Waals surface area contributed by atoms with E-state index >= 15 is 0 Å². The van der Waals surface area contributed by atoms with Gasteiger partial charge in [0, 0.05) is 19.6 Å². The van der Waals surface area contributed by atoms with E-state index in [1.807, 2.05) is 0 Å². The second-order valence-corrected chi connectivity index (χ2v) is 5.46. The molecule has 0 aliphatic heterocycles. The van der Waals surface area contributed by atoms with E-state index in [2.05, 4.69) is 11.9 Å². The highest BCUT2D eigenvalue weighted by atomic mass is 19.1. The summed E-state index contributed by atoms with van der Waals surface area (Å²) < 4.78 is 13.3. The van der Waals surface area contributed by atoms with E-state index in [9.17, 15) is 4.39 Å². The van der Waals surface area contributed by atoms with Crippen molar-refractivity contribution in [2.75, 3.05) is 13.6 Å². The summed E-state index contributed by atoms with van der Waals surface area (Å²) in [5, 5.41) is 0. The molecule has 1 aromatic carbocycles. The molecule has 1 saturated carbocycles. The number of nitrogens with two attached hydrogens (primary N) is 1. The minimum absolute atomic E-state index is 0.170. The van der Waals surface area contributed by atoms with Gasteiger partial charge in [0.1, 0.15) is 5.82 Å². The Morgan fingerprint density at radius 1 is 1.28 bits per heavy atom. The molecule has 1 aliphatic rings. The van der Waals surface area contributed by atoms with Gasteiger partial charge in [-0.15, -0.1) is 0 Å². The largest absolute Gasteiger partial charge is 0.326 e. The third-order valence-electron chi connectivity index (χ3n) is 3.87. The van der Waals surface area contributed by atoms with E-state index in [1.54, 1.807) is 12.1 Å². The summed E-state index contributed by atoms with van der Waals surface area (Å²) in [6.07, 6.45) is 5.42. The van der Waals surface area contributed by atoms with Gasteiger partial charge < -0.3 is 10.6 Å². The van der Waals surface area contributed by atoms with E-state index in [0.717, 1.165) is 30.1 Å². The van der Waals surface area contributed by atoms with Crippen LogP contribution in [-0.4, -0.2) is 18.5 Å². The standard InChI is InChI=1S/C15H23FN2/c1-18(10-12-4-2-3-5-12)11-14-8-15(16)7-6-13(14)9-17/h6-8,12H,2-5,9-11,17H2,1H3. The van der Waals surface area contributed by atoms with Gasteiger partial charge in [-0.25, -0.2) is 4.39 Å². The van der Waals surface area contributed by atoms with Crippen molar-refractivity contribution in [3.05, 3.63) is 35.1 Å². The van der Waals surface area contributed by atoms with Crippen LogP contribution in [0.4, 0.5) is 4.39 Å². The first kappa shape index (κ1) is 13.5. The van der Waals surface area contributed by atoms with Crippen molar-refractivity contribution >= 4 is 0 Å². The van der Waals surface area contributed by atoms with Gasteiger partial charge in [-0.1, -0.05) is 18.9 Å². The van der Waals surface area contributed by atoms with Crippen LogP contribution in [0.15, 0.2) is 18.2 Å². The van der Waals surface area contributed by atoms with Crippen LogP contribution in [0.5, 0.6) is 0 Å². The van der Waals surface area contributed by atoms with Crippen LogP contribution in [0.3, 0.4) is 0 Å². The molecule has 2 nitrogen and oxygen atoms in total. The highest BCUT2D eigenvalue weighted by molar-refractivity contribution is 5.27. The first-order valence-electron chi connectivity index (χ1n) is 6.85. The summed E-state index contributed by atoms with van der Waals surface area (Å²) in [5.74, 6) is 0.654. The van der Waals surface area contributed by atoms with E-state index in [1.165, 1.54) is 31.7 Å². The molecule has 0 saturated heterocycles. The van der Waals surface area contributed by atoms with Gasteiger partial charge in [-0.3, -0.25) is 0 Å². The lowest BCUT2D eigenvalue weighted by atomic mass is 10.0. The van der Waals surface area contributed by atoms with Gasteiger partial charge in [0.05, 0.1) is 0 Å². The van der Waals surface area contributed by atoms with Gasteiger partial charge in [0.2, 0.25) is 0 Å². The molecule has 2 N–H and O–H groups in total. The second kappa shape index (κ2) is 6.30. The van der Waals surface area contributed by atoms with E-state index in [4.69, 9.17) is 5.73 Å². The number of hydrogen-bond acceptors (Lipinski definition) is 2. The Morgan fingerprint density at radius 3 is 2.67 bits per heavy atom. The van der Waals surface area contributed by atoms with Gasteiger partial charge >= 0.3 is 0 Å².